The fraction of sp³-hybridized carbons (Fsp3) is 0.600. The Labute approximate surface area is 91.3 Å². The Morgan fingerprint density at radius 1 is 1.33 bits per heavy atom. The molecule has 0 aliphatic carbocycles. The van der Waals surface area contributed by atoms with E-state index in [4.69, 9.17) is 15.9 Å². The normalized spacial score (nSPS) is 10.4. The first-order chi connectivity index (χ1) is 4.54. The maximum absolute atomic E-state index is 9.99. The first-order valence-corrected chi connectivity index (χ1v) is 2.74. The van der Waals surface area contributed by atoms with Gasteiger partial charge in [0.15, 0.2) is 0 Å². The predicted octanol–water partition coefficient (Wildman–Crippen LogP) is -1.94. The topological polar surface area (TPSA) is 132 Å². The zero-order valence-electron chi connectivity index (χ0n) is 6.78. The fourth-order valence-electron chi connectivity index (χ4n) is 0.402. The molecule has 0 heterocycles. The van der Waals surface area contributed by atoms with Crippen LogP contribution in [0.5, 0.6) is 0 Å². The van der Waals surface area contributed by atoms with Crippen LogP contribution in [-0.2, 0) is 9.59 Å². The van der Waals surface area contributed by atoms with E-state index in [1.165, 1.54) is 0 Å². The van der Waals surface area contributed by atoms with Gasteiger partial charge in [-0.3, -0.25) is 9.59 Å². The Morgan fingerprint density at radius 2 is 1.75 bits per heavy atom. The molecule has 67 valence electrons. The quantitative estimate of drug-likeness (QED) is 0.441. The molecular formula is C5H11NNaO5. The van der Waals surface area contributed by atoms with E-state index < -0.39 is 18.0 Å². The van der Waals surface area contributed by atoms with E-state index in [0.29, 0.717) is 0 Å². The van der Waals surface area contributed by atoms with Crippen LogP contribution in [-0.4, -0.2) is 63.2 Å². The summed E-state index contributed by atoms with van der Waals surface area (Å²) in [4.78, 5) is 19.9. The Morgan fingerprint density at radius 3 is 2.00 bits per heavy atom. The van der Waals surface area contributed by atoms with E-state index in [9.17, 15) is 9.59 Å². The number of hydrogen-bond acceptors (Lipinski definition) is 3. The summed E-state index contributed by atoms with van der Waals surface area (Å²) in [6.45, 7) is 0. The van der Waals surface area contributed by atoms with Crippen LogP contribution < -0.4 is 5.73 Å². The Kier molecular flexibility index (Phi) is 13.3. The summed E-state index contributed by atoms with van der Waals surface area (Å²) in [6, 6.07) is -1.06. The summed E-state index contributed by atoms with van der Waals surface area (Å²) in [5.74, 6) is -2.20. The van der Waals surface area contributed by atoms with Gasteiger partial charge in [-0.1, -0.05) is 0 Å². The van der Waals surface area contributed by atoms with Gasteiger partial charge >= 0.3 is 11.9 Å². The smallest absolute Gasteiger partial charge is 0.320 e. The zero-order chi connectivity index (χ0) is 8.15. The third kappa shape index (κ3) is 9.86. The van der Waals surface area contributed by atoms with E-state index in [2.05, 4.69) is 0 Å². The zero-order valence-corrected chi connectivity index (χ0v) is 8.78. The minimum Gasteiger partial charge on any atom is -0.481 e. The Hall–Kier alpha value is -0.140. The molecule has 0 aromatic heterocycles. The average molecular weight is 188 g/mol. The standard InChI is InChI=1S/C5H9NO4.Na.H2O/c6-3(5(9)10)1-2-4(7)8;;/h3H,1-2,6H2,(H,7,8)(H,9,10);;1H2/t3-;;/m1../s1. The van der Waals surface area contributed by atoms with Crippen molar-refractivity contribution in [2.45, 2.75) is 18.9 Å². The number of nitrogens with two attached hydrogens (primary N) is 1. The molecular weight excluding hydrogens is 177 g/mol. The molecule has 12 heavy (non-hydrogen) atoms. The SMILES string of the molecule is N[C@H](CCC(=O)O)C(=O)O.O.[Na]. The Balaban J connectivity index is -0.000000405. The van der Waals surface area contributed by atoms with Gasteiger partial charge in [-0.2, -0.15) is 0 Å². The number of hydrogen-bond donors (Lipinski definition) is 3. The van der Waals surface area contributed by atoms with Crippen molar-refractivity contribution in [3.8, 4) is 0 Å². The number of carbonyl (C=O) groups is 2. The molecule has 0 aliphatic heterocycles. The summed E-state index contributed by atoms with van der Waals surface area (Å²) < 4.78 is 0. The molecule has 7 heteroatoms. The van der Waals surface area contributed by atoms with Crippen LogP contribution >= 0.6 is 0 Å². The third-order valence-corrected chi connectivity index (χ3v) is 0.986. The molecule has 0 fully saturated rings. The third-order valence-electron chi connectivity index (χ3n) is 0.986. The molecule has 0 saturated carbocycles. The number of carboxylic acid groups (broad SMARTS) is 2. The van der Waals surface area contributed by atoms with E-state index in [0.717, 1.165) is 0 Å². The van der Waals surface area contributed by atoms with Gasteiger partial charge in [0.1, 0.15) is 6.04 Å². The molecule has 1 atom stereocenters. The molecule has 0 saturated heterocycles. The van der Waals surface area contributed by atoms with Gasteiger partial charge in [-0.15, -0.1) is 0 Å². The van der Waals surface area contributed by atoms with Gasteiger partial charge in [0, 0.05) is 36.0 Å². The summed E-state index contributed by atoms with van der Waals surface area (Å²) in [7, 11) is 0. The summed E-state index contributed by atoms with van der Waals surface area (Å²) >= 11 is 0. The molecule has 0 rings (SSSR count). The largest absolute Gasteiger partial charge is 0.481 e. The van der Waals surface area contributed by atoms with Gasteiger partial charge in [-0.25, -0.2) is 0 Å². The van der Waals surface area contributed by atoms with Gasteiger partial charge in [0.25, 0.3) is 0 Å². The van der Waals surface area contributed by atoms with Crippen LogP contribution in [0.2, 0.25) is 0 Å². The predicted molar refractivity (Wildman–Crippen MR) is 41.8 cm³/mol. The van der Waals surface area contributed by atoms with Crippen LogP contribution in [0.3, 0.4) is 0 Å². The van der Waals surface area contributed by atoms with Gasteiger partial charge in [0.05, 0.1) is 0 Å². The van der Waals surface area contributed by atoms with Gasteiger partial charge in [0.2, 0.25) is 0 Å². The molecule has 0 bridgehead atoms. The molecule has 0 aliphatic rings. The minimum absolute atomic E-state index is 0. The molecule has 0 unspecified atom stereocenters. The summed E-state index contributed by atoms with van der Waals surface area (Å²) in [5, 5.41) is 16.3. The molecule has 6 nitrogen and oxygen atoms in total. The van der Waals surface area contributed by atoms with Crippen molar-refractivity contribution in [3.05, 3.63) is 0 Å². The maximum Gasteiger partial charge on any atom is 0.320 e. The van der Waals surface area contributed by atoms with Crippen LogP contribution in [0.25, 0.3) is 0 Å². The van der Waals surface area contributed by atoms with Crippen molar-refractivity contribution in [2.24, 2.45) is 5.73 Å². The molecule has 0 aromatic carbocycles. The van der Waals surface area contributed by atoms with Crippen LogP contribution in [0.1, 0.15) is 12.8 Å². The Bertz CT molecular complexity index is 151. The molecule has 6 N–H and O–H groups in total. The summed E-state index contributed by atoms with van der Waals surface area (Å²) in [5.41, 5.74) is 5.00. The van der Waals surface area contributed by atoms with Crippen LogP contribution in [0, 0.1) is 0 Å². The van der Waals surface area contributed by atoms with E-state index in [1.54, 1.807) is 0 Å². The van der Waals surface area contributed by atoms with Crippen molar-refractivity contribution in [2.75, 3.05) is 0 Å². The molecule has 0 aromatic rings. The number of aliphatic carboxylic acids is 2. The second-order valence-corrected chi connectivity index (χ2v) is 1.88. The maximum atomic E-state index is 9.99. The first-order valence-electron chi connectivity index (χ1n) is 2.74. The fourth-order valence-corrected chi connectivity index (χ4v) is 0.402. The van der Waals surface area contributed by atoms with Crippen molar-refractivity contribution in [1.29, 1.82) is 0 Å². The first kappa shape index (κ1) is 17.8. The second kappa shape index (κ2) is 8.95. The van der Waals surface area contributed by atoms with Gasteiger partial charge in [-0.05, 0) is 6.42 Å². The molecule has 0 amide bonds. The van der Waals surface area contributed by atoms with Crippen molar-refractivity contribution < 1.29 is 25.3 Å². The monoisotopic (exact) mass is 188 g/mol. The number of rotatable bonds is 4. The minimum atomic E-state index is -1.17. The van der Waals surface area contributed by atoms with Crippen molar-refractivity contribution >= 4 is 41.5 Å². The van der Waals surface area contributed by atoms with Crippen molar-refractivity contribution in [1.82, 2.24) is 0 Å². The van der Waals surface area contributed by atoms with Crippen LogP contribution in [0.15, 0.2) is 0 Å². The molecule has 0 spiro atoms. The van der Waals surface area contributed by atoms with Crippen LogP contribution in [0.4, 0.5) is 0 Å². The van der Waals surface area contributed by atoms with E-state index in [1.807, 2.05) is 0 Å². The van der Waals surface area contributed by atoms with E-state index >= 15 is 0 Å². The van der Waals surface area contributed by atoms with Gasteiger partial charge < -0.3 is 21.4 Å². The average Bonchev–Trinajstić information content (AvgIpc) is 1.82. The second-order valence-electron chi connectivity index (χ2n) is 1.88. The number of carboxylic acids is 2. The molecule has 1 radical (unpaired) electrons. The summed E-state index contributed by atoms with van der Waals surface area (Å²) in [6.07, 6.45) is -0.224. The van der Waals surface area contributed by atoms with Crippen molar-refractivity contribution in [3.63, 3.8) is 0 Å². The van der Waals surface area contributed by atoms with E-state index in [-0.39, 0.29) is 47.9 Å².